The van der Waals surface area contributed by atoms with E-state index in [9.17, 15) is 34.5 Å². The maximum absolute atomic E-state index is 13.6. The number of likely N-dealkylation sites (tertiary alicyclic amines) is 1. The highest BCUT2D eigenvalue weighted by Gasteiger charge is 2.60. The van der Waals surface area contributed by atoms with Gasteiger partial charge in [0.2, 0.25) is 11.8 Å². The molecule has 5 rings (SSSR count). The van der Waals surface area contributed by atoms with E-state index in [0.717, 1.165) is 5.56 Å². The predicted octanol–water partition coefficient (Wildman–Crippen LogP) is 4.16. The largest absolute Gasteiger partial charge is 0.478 e. The zero-order valence-electron chi connectivity index (χ0n) is 22.7. The first-order chi connectivity index (χ1) is 19.9. The van der Waals surface area contributed by atoms with E-state index in [0.29, 0.717) is 40.1 Å². The maximum atomic E-state index is 13.6. The minimum atomic E-state index is -1.21. The molecule has 0 saturated carbocycles. The molecule has 3 heterocycles. The molecule has 6 unspecified atom stereocenters. The Labute approximate surface area is 256 Å². The van der Waals surface area contributed by atoms with Gasteiger partial charge >= 0.3 is 11.9 Å². The van der Waals surface area contributed by atoms with E-state index in [1.807, 2.05) is 11.8 Å². The van der Waals surface area contributed by atoms with Gasteiger partial charge in [0.1, 0.15) is 5.70 Å². The van der Waals surface area contributed by atoms with Gasteiger partial charge < -0.3 is 25.5 Å². The number of carboxylic acid groups (broad SMARTS) is 2. The molecule has 6 atom stereocenters. The second-order valence-electron chi connectivity index (χ2n) is 10.8. The summed E-state index contributed by atoms with van der Waals surface area (Å²) in [6.45, 7) is 4.09. The molecule has 2 aromatic carbocycles. The number of amides is 2. The monoisotopic (exact) mass is 633 g/mol. The van der Waals surface area contributed by atoms with Crippen LogP contribution < -0.4 is 5.32 Å². The van der Waals surface area contributed by atoms with Crippen LogP contribution in [0.15, 0.2) is 53.1 Å². The summed E-state index contributed by atoms with van der Waals surface area (Å²) < 4.78 is 0. The molecule has 222 valence electrons. The summed E-state index contributed by atoms with van der Waals surface area (Å²) in [5.74, 6) is -4.05. The number of carbonyl (C=O) groups excluding carboxylic acids is 2. The van der Waals surface area contributed by atoms with Crippen LogP contribution in [0.2, 0.25) is 10.0 Å². The van der Waals surface area contributed by atoms with Crippen molar-refractivity contribution in [3.63, 3.8) is 0 Å². The van der Waals surface area contributed by atoms with E-state index in [2.05, 4.69) is 5.32 Å². The Morgan fingerprint density at radius 2 is 1.86 bits per heavy atom. The van der Waals surface area contributed by atoms with Gasteiger partial charge in [-0.05, 0) is 55.3 Å². The van der Waals surface area contributed by atoms with E-state index in [-0.39, 0.29) is 28.3 Å². The van der Waals surface area contributed by atoms with Crippen LogP contribution >= 0.6 is 35.0 Å². The molecule has 0 spiro atoms. The van der Waals surface area contributed by atoms with Crippen molar-refractivity contribution in [2.75, 3.05) is 11.9 Å². The first-order valence-electron chi connectivity index (χ1n) is 13.3. The van der Waals surface area contributed by atoms with Gasteiger partial charge in [-0.2, -0.15) is 0 Å². The Hall–Kier alpha value is -3.09. The predicted molar refractivity (Wildman–Crippen MR) is 158 cm³/mol. The second kappa shape index (κ2) is 11.9. The highest BCUT2D eigenvalue weighted by molar-refractivity contribution is 8.03. The van der Waals surface area contributed by atoms with Gasteiger partial charge in [0, 0.05) is 44.9 Å². The van der Waals surface area contributed by atoms with Crippen molar-refractivity contribution in [2.45, 2.75) is 50.3 Å². The number of halogens is 2. The van der Waals surface area contributed by atoms with Gasteiger partial charge in [-0.3, -0.25) is 14.5 Å². The zero-order valence-corrected chi connectivity index (χ0v) is 25.0. The average molecular weight is 635 g/mol. The van der Waals surface area contributed by atoms with Crippen LogP contribution in [-0.4, -0.2) is 78.9 Å². The van der Waals surface area contributed by atoms with Crippen LogP contribution in [0, 0.1) is 11.8 Å². The number of carboxylic acids is 2. The van der Waals surface area contributed by atoms with E-state index in [4.69, 9.17) is 23.2 Å². The highest BCUT2D eigenvalue weighted by atomic mass is 35.5. The molecule has 3 aliphatic heterocycles. The minimum absolute atomic E-state index is 0.0354. The van der Waals surface area contributed by atoms with Crippen LogP contribution in [0.3, 0.4) is 0 Å². The van der Waals surface area contributed by atoms with Crippen molar-refractivity contribution >= 4 is 64.4 Å². The molecule has 0 radical (unpaired) electrons. The number of β-lactam (4-membered cyclic amide) rings is 1. The first-order valence-corrected chi connectivity index (χ1v) is 15.0. The summed E-state index contributed by atoms with van der Waals surface area (Å²) in [6, 6.07) is 9.95. The Balaban J connectivity index is 1.41. The highest BCUT2D eigenvalue weighted by Crippen LogP contribution is 2.52. The Morgan fingerprint density at radius 1 is 1.12 bits per heavy atom. The number of rotatable bonds is 9. The third kappa shape index (κ3) is 5.63. The summed E-state index contributed by atoms with van der Waals surface area (Å²) in [4.78, 5) is 53.8. The Bertz CT molecular complexity index is 1500. The number of nitrogens with one attached hydrogen (secondary N) is 1. The number of aliphatic hydroxyl groups is 1. The van der Waals surface area contributed by atoms with Crippen molar-refractivity contribution in [3.8, 4) is 0 Å². The lowest BCUT2D eigenvalue weighted by Gasteiger charge is -2.46. The van der Waals surface area contributed by atoms with Gasteiger partial charge in [0.15, 0.2) is 0 Å². The standard InChI is InChI=1S/C29H29Cl2N3O7S/c1-13-23-22(14(2)35)27(37)34(23)24(29(40)41)25(13)42-19-10-21(26(36)32-18-5-3-4-15(9-18)28(38)39)33(12-19)11-16-8-17(30)6-7-20(16)31/h3-9,13-14,19,21-23,35H,10-12H2,1-2H3,(H,32,36)(H,38,39)(H,40,41). The molecule has 0 aromatic heterocycles. The molecular formula is C29H29Cl2N3O7S. The Morgan fingerprint density at radius 3 is 2.52 bits per heavy atom. The van der Waals surface area contributed by atoms with Crippen LogP contribution in [0.4, 0.5) is 5.69 Å². The summed E-state index contributed by atoms with van der Waals surface area (Å²) in [5.41, 5.74) is 1.02. The molecule has 2 fully saturated rings. The molecule has 10 nitrogen and oxygen atoms in total. The number of aromatic carboxylic acids is 1. The number of nitrogens with zero attached hydrogens (tertiary/aromatic N) is 2. The molecular weight excluding hydrogens is 605 g/mol. The van der Waals surface area contributed by atoms with Crippen molar-refractivity contribution in [2.24, 2.45) is 11.8 Å². The van der Waals surface area contributed by atoms with Crippen LogP contribution in [-0.2, 0) is 20.9 Å². The molecule has 0 aliphatic carbocycles. The molecule has 2 saturated heterocycles. The molecule has 2 amide bonds. The number of anilines is 1. The fraction of sp³-hybridized carbons (Fsp3) is 0.379. The number of thioether (sulfide) groups is 1. The van der Waals surface area contributed by atoms with Gasteiger partial charge in [0.05, 0.1) is 29.7 Å². The molecule has 0 bridgehead atoms. The van der Waals surface area contributed by atoms with E-state index < -0.39 is 42.0 Å². The van der Waals surface area contributed by atoms with Gasteiger partial charge in [-0.25, -0.2) is 9.59 Å². The van der Waals surface area contributed by atoms with Crippen LogP contribution in [0.1, 0.15) is 36.2 Å². The van der Waals surface area contributed by atoms with Crippen molar-refractivity contribution in [1.29, 1.82) is 0 Å². The molecule has 2 aromatic rings. The SMILES string of the molecule is CC(O)C1C(=O)N2C(C(=O)O)=C(SC3CC(C(=O)Nc4cccc(C(=O)O)c4)N(Cc4cc(Cl)ccc4Cl)C3)C(C)C12. The lowest BCUT2D eigenvalue weighted by molar-refractivity contribution is -0.163. The molecule has 4 N–H and O–H groups in total. The Kier molecular flexibility index (Phi) is 8.60. The van der Waals surface area contributed by atoms with Crippen molar-refractivity contribution in [1.82, 2.24) is 9.80 Å². The fourth-order valence-electron chi connectivity index (χ4n) is 6.09. The summed E-state index contributed by atoms with van der Waals surface area (Å²) in [5, 5.41) is 33.1. The normalized spacial score (nSPS) is 26.2. The third-order valence-corrected chi connectivity index (χ3v) is 10.1. The number of fused-ring (bicyclic) bond motifs is 1. The smallest absolute Gasteiger partial charge is 0.353 e. The quantitative estimate of drug-likeness (QED) is 0.299. The van der Waals surface area contributed by atoms with Crippen LogP contribution in [0.5, 0.6) is 0 Å². The average Bonchev–Trinajstić information content (AvgIpc) is 3.42. The summed E-state index contributed by atoms with van der Waals surface area (Å²) in [7, 11) is 0. The topological polar surface area (TPSA) is 147 Å². The fourth-order valence-corrected chi connectivity index (χ4v) is 8.02. The third-order valence-electron chi connectivity index (χ3n) is 8.03. The lowest BCUT2D eigenvalue weighted by Crippen LogP contribution is -2.63. The van der Waals surface area contributed by atoms with E-state index in [1.54, 1.807) is 30.3 Å². The number of aliphatic hydroxyl groups excluding tert-OH is 1. The first kappa shape index (κ1) is 30.4. The molecule has 42 heavy (non-hydrogen) atoms. The second-order valence-corrected chi connectivity index (χ2v) is 13.0. The minimum Gasteiger partial charge on any atom is -0.478 e. The van der Waals surface area contributed by atoms with E-state index >= 15 is 0 Å². The summed E-state index contributed by atoms with van der Waals surface area (Å²) >= 11 is 14.0. The number of aliphatic carboxylic acids is 1. The van der Waals surface area contributed by atoms with Gasteiger partial charge in [-0.1, -0.05) is 36.2 Å². The van der Waals surface area contributed by atoms with Gasteiger partial charge in [-0.15, -0.1) is 11.8 Å². The molecule has 13 heteroatoms. The number of hydrogen-bond acceptors (Lipinski definition) is 7. The number of benzene rings is 2. The van der Waals surface area contributed by atoms with Gasteiger partial charge in [0.25, 0.3) is 0 Å². The molecule has 3 aliphatic rings. The number of carbonyl (C=O) groups is 4. The van der Waals surface area contributed by atoms with Crippen molar-refractivity contribution in [3.05, 3.63) is 74.2 Å². The summed E-state index contributed by atoms with van der Waals surface area (Å²) in [6.07, 6.45) is -0.549. The van der Waals surface area contributed by atoms with E-state index in [1.165, 1.54) is 35.7 Å². The van der Waals surface area contributed by atoms with Crippen LogP contribution in [0.25, 0.3) is 0 Å². The lowest BCUT2D eigenvalue weighted by atomic mass is 9.79. The van der Waals surface area contributed by atoms with Crippen molar-refractivity contribution < 1.29 is 34.5 Å². The maximum Gasteiger partial charge on any atom is 0.353 e. The zero-order chi connectivity index (χ0) is 30.5. The number of hydrogen-bond donors (Lipinski definition) is 4.